The van der Waals surface area contributed by atoms with Crippen LogP contribution < -0.4 is 10.2 Å². The third-order valence-electron chi connectivity index (χ3n) is 6.78. The Morgan fingerprint density at radius 3 is 2.48 bits per heavy atom. The Kier molecular flexibility index (Phi) is 6.16. The monoisotopic (exact) mass is 419 g/mol. The lowest BCUT2D eigenvalue weighted by molar-refractivity contribution is 0.156. The lowest BCUT2D eigenvalue weighted by Crippen LogP contribution is -2.49. The summed E-state index contributed by atoms with van der Waals surface area (Å²) in [5.41, 5.74) is 1.77. The number of benzene rings is 1. The van der Waals surface area contributed by atoms with Crippen LogP contribution in [0.3, 0.4) is 0 Å². The first-order chi connectivity index (χ1) is 13.9. The molecule has 1 aromatic rings. The van der Waals surface area contributed by atoms with Gasteiger partial charge in [0.25, 0.3) is 0 Å². The fraction of sp³-hybridized carbons (Fsp3) is 0.682. The van der Waals surface area contributed by atoms with Crippen LogP contribution in [0.25, 0.3) is 0 Å². The van der Waals surface area contributed by atoms with Crippen molar-refractivity contribution in [2.45, 2.75) is 62.3 Å². The topological polar surface area (TPSA) is 69.7 Å². The fourth-order valence-electron chi connectivity index (χ4n) is 5.07. The molecule has 160 valence electrons. The summed E-state index contributed by atoms with van der Waals surface area (Å²) in [6, 6.07) is 5.25. The predicted molar refractivity (Wildman–Crippen MR) is 115 cm³/mol. The number of rotatable bonds is 4. The van der Waals surface area contributed by atoms with Gasteiger partial charge in [0.15, 0.2) is 9.84 Å². The van der Waals surface area contributed by atoms with E-state index in [0.717, 1.165) is 43.1 Å². The fourth-order valence-corrected chi connectivity index (χ4v) is 5.74. The largest absolute Gasteiger partial charge is 0.335 e. The number of hydrogen-bond acceptors (Lipinski definition) is 4. The van der Waals surface area contributed by atoms with Crippen molar-refractivity contribution in [1.82, 2.24) is 10.2 Å². The number of likely N-dealkylation sites (tertiary alicyclic amines) is 1. The SMILES string of the molecule is CS(=O)(=O)c1ccc2c(c1)CCN2C(=O)NC1CCN(CC2CCCCC2)CC1. The van der Waals surface area contributed by atoms with Gasteiger partial charge in [-0.3, -0.25) is 4.90 Å². The van der Waals surface area contributed by atoms with E-state index in [0.29, 0.717) is 17.9 Å². The molecule has 0 unspecified atom stereocenters. The van der Waals surface area contributed by atoms with Crippen molar-refractivity contribution in [2.24, 2.45) is 5.92 Å². The van der Waals surface area contributed by atoms with Gasteiger partial charge in [-0.2, -0.15) is 0 Å². The molecule has 29 heavy (non-hydrogen) atoms. The van der Waals surface area contributed by atoms with Crippen molar-refractivity contribution in [3.63, 3.8) is 0 Å². The highest BCUT2D eigenvalue weighted by Crippen LogP contribution is 2.30. The summed E-state index contributed by atoms with van der Waals surface area (Å²) < 4.78 is 23.5. The standard InChI is InChI=1S/C22H33N3O3S/c1-29(27,28)20-7-8-21-18(15-20)9-14-25(21)22(26)23-19-10-12-24(13-11-19)16-17-5-3-2-4-6-17/h7-8,15,17,19H,2-6,9-14,16H2,1H3,(H,23,26). The lowest BCUT2D eigenvalue weighted by atomic mass is 9.88. The van der Waals surface area contributed by atoms with Gasteiger partial charge in [0.05, 0.1) is 4.90 Å². The summed E-state index contributed by atoms with van der Waals surface area (Å²) >= 11 is 0. The summed E-state index contributed by atoms with van der Waals surface area (Å²) in [5, 5.41) is 3.21. The maximum Gasteiger partial charge on any atom is 0.322 e. The summed E-state index contributed by atoms with van der Waals surface area (Å²) in [6.45, 7) is 3.96. The van der Waals surface area contributed by atoms with E-state index in [1.54, 1.807) is 23.1 Å². The predicted octanol–water partition coefficient (Wildman–Crippen LogP) is 3.21. The van der Waals surface area contributed by atoms with Gasteiger partial charge in [-0.05, 0) is 61.8 Å². The van der Waals surface area contributed by atoms with Crippen LogP contribution in [-0.4, -0.2) is 57.8 Å². The van der Waals surface area contributed by atoms with Crippen molar-refractivity contribution < 1.29 is 13.2 Å². The molecule has 0 radical (unpaired) electrons. The number of fused-ring (bicyclic) bond motifs is 1. The average molecular weight is 420 g/mol. The number of anilines is 1. The first-order valence-electron chi connectivity index (χ1n) is 11.0. The van der Waals surface area contributed by atoms with E-state index in [1.165, 1.54) is 44.9 Å². The van der Waals surface area contributed by atoms with E-state index in [1.807, 2.05) is 0 Å². The zero-order chi connectivity index (χ0) is 20.4. The molecule has 7 heteroatoms. The van der Waals surface area contributed by atoms with Gasteiger partial charge in [0, 0.05) is 44.2 Å². The van der Waals surface area contributed by atoms with Crippen LogP contribution in [0.15, 0.2) is 23.1 Å². The third-order valence-corrected chi connectivity index (χ3v) is 7.89. The van der Waals surface area contributed by atoms with E-state index in [4.69, 9.17) is 0 Å². The second-order valence-electron chi connectivity index (χ2n) is 8.99. The van der Waals surface area contributed by atoms with Crippen molar-refractivity contribution in [3.05, 3.63) is 23.8 Å². The molecule has 3 aliphatic rings. The van der Waals surface area contributed by atoms with E-state index in [9.17, 15) is 13.2 Å². The van der Waals surface area contributed by atoms with Crippen LogP contribution in [-0.2, 0) is 16.3 Å². The molecular weight excluding hydrogens is 386 g/mol. The molecule has 2 aliphatic heterocycles. The van der Waals surface area contributed by atoms with Gasteiger partial charge in [-0.25, -0.2) is 13.2 Å². The summed E-state index contributed by atoms with van der Waals surface area (Å²) in [5.74, 6) is 0.868. The van der Waals surface area contributed by atoms with Crippen LogP contribution >= 0.6 is 0 Å². The van der Waals surface area contributed by atoms with Crippen LogP contribution in [0, 0.1) is 5.92 Å². The third kappa shape index (κ3) is 4.94. The minimum absolute atomic E-state index is 0.0541. The van der Waals surface area contributed by atoms with E-state index in [2.05, 4.69) is 10.2 Å². The minimum atomic E-state index is -3.22. The number of carbonyl (C=O) groups is 1. The van der Waals surface area contributed by atoms with Gasteiger partial charge < -0.3 is 10.2 Å². The van der Waals surface area contributed by atoms with Crippen LogP contribution in [0.2, 0.25) is 0 Å². The van der Waals surface area contributed by atoms with Crippen LogP contribution in [0.5, 0.6) is 0 Å². The van der Waals surface area contributed by atoms with Gasteiger partial charge in [0.2, 0.25) is 0 Å². The molecule has 1 aromatic carbocycles. The second kappa shape index (κ2) is 8.64. The summed E-state index contributed by atoms with van der Waals surface area (Å²) in [7, 11) is -3.22. The molecule has 2 fully saturated rings. The van der Waals surface area contributed by atoms with E-state index in [-0.39, 0.29) is 12.1 Å². The van der Waals surface area contributed by atoms with Crippen LogP contribution in [0.1, 0.15) is 50.5 Å². The molecule has 0 spiro atoms. The quantitative estimate of drug-likeness (QED) is 0.814. The zero-order valence-corrected chi connectivity index (χ0v) is 18.2. The average Bonchev–Trinajstić information content (AvgIpc) is 3.13. The first-order valence-corrected chi connectivity index (χ1v) is 12.9. The van der Waals surface area contributed by atoms with Crippen molar-refractivity contribution in [3.8, 4) is 0 Å². The maximum absolute atomic E-state index is 12.8. The molecule has 2 heterocycles. The highest BCUT2D eigenvalue weighted by Gasteiger charge is 2.29. The first kappa shape index (κ1) is 20.7. The molecular formula is C22H33N3O3S. The van der Waals surface area contributed by atoms with E-state index >= 15 is 0 Å². The minimum Gasteiger partial charge on any atom is -0.335 e. The molecule has 1 aliphatic carbocycles. The van der Waals surface area contributed by atoms with Gasteiger partial charge >= 0.3 is 6.03 Å². The molecule has 6 nitrogen and oxygen atoms in total. The Balaban J connectivity index is 1.29. The Morgan fingerprint density at radius 1 is 1.07 bits per heavy atom. The Bertz CT molecular complexity index is 841. The number of carbonyl (C=O) groups excluding carboxylic acids is 1. The number of sulfone groups is 1. The summed E-state index contributed by atoms with van der Waals surface area (Å²) in [4.78, 5) is 17.5. The van der Waals surface area contributed by atoms with Crippen molar-refractivity contribution >= 4 is 21.6 Å². The van der Waals surface area contributed by atoms with Gasteiger partial charge in [0.1, 0.15) is 0 Å². The zero-order valence-electron chi connectivity index (χ0n) is 17.4. The van der Waals surface area contributed by atoms with E-state index < -0.39 is 9.84 Å². The lowest BCUT2D eigenvalue weighted by Gasteiger charge is -2.36. The number of hydrogen-bond donors (Lipinski definition) is 1. The molecule has 4 rings (SSSR count). The molecule has 0 aromatic heterocycles. The number of nitrogens with one attached hydrogen (secondary N) is 1. The normalized spacial score (nSPS) is 21.9. The summed E-state index contributed by atoms with van der Waals surface area (Å²) in [6.07, 6.45) is 10.9. The Labute approximate surface area is 174 Å². The molecule has 2 amide bonds. The molecule has 1 saturated carbocycles. The van der Waals surface area contributed by atoms with Gasteiger partial charge in [-0.15, -0.1) is 0 Å². The number of amides is 2. The van der Waals surface area contributed by atoms with Crippen molar-refractivity contribution in [2.75, 3.05) is 37.3 Å². The maximum atomic E-state index is 12.8. The Hall–Kier alpha value is -1.60. The number of piperidine rings is 1. The molecule has 0 atom stereocenters. The number of urea groups is 1. The van der Waals surface area contributed by atoms with Gasteiger partial charge in [-0.1, -0.05) is 19.3 Å². The smallest absolute Gasteiger partial charge is 0.322 e. The molecule has 0 bridgehead atoms. The van der Waals surface area contributed by atoms with Crippen LogP contribution in [0.4, 0.5) is 10.5 Å². The Morgan fingerprint density at radius 2 is 1.79 bits per heavy atom. The molecule has 1 N–H and O–H groups in total. The van der Waals surface area contributed by atoms with Crippen molar-refractivity contribution in [1.29, 1.82) is 0 Å². The number of nitrogens with zero attached hydrogens (tertiary/aromatic N) is 2. The highest BCUT2D eigenvalue weighted by molar-refractivity contribution is 7.90. The molecule has 1 saturated heterocycles. The second-order valence-corrected chi connectivity index (χ2v) is 11.0. The highest BCUT2D eigenvalue weighted by atomic mass is 32.2.